The Bertz CT molecular complexity index is 1530. The van der Waals surface area contributed by atoms with E-state index >= 15 is 4.39 Å². The van der Waals surface area contributed by atoms with Crippen LogP contribution in [-0.2, 0) is 17.6 Å². The average Bonchev–Trinajstić information content (AvgIpc) is 2.82. The molecule has 0 aliphatic carbocycles. The molecule has 0 spiro atoms. The Morgan fingerprint density at radius 1 is 1.19 bits per heavy atom. The van der Waals surface area contributed by atoms with Crippen LogP contribution in [0.1, 0.15) is 43.0 Å². The lowest BCUT2D eigenvalue weighted by Crippen LogP contribution is -2.10. The number of carboxylic acid groups (broad SMARTS) is 1. The molecule has 0 amide bonds. The quantitative estimate of drug-likeness (QED) is 0.384. The van der Waals surface area contributed by atoms with Crippen molar-refractivity contribution in [3.63, 3.8) is 0 Å². The molecule has 4 aromatic rings. The summed E-state index contributed by atoms with van der Waals surface area (Å²) in [7, 11) is 0. The molecular formula is C29H27FN2O4. The summed E-state index contributed by atoms with van der Waals surface area (Å²) < 4.78 is 21.1. The van der Waals surface area contributed by atoms with Gasteiger partial charge in [-0.25, -0.2) is 4.39 Å². The number of nitrogens with zero attached hydrogens (tertiary/aromatic N) is 2. The number of pyridine rings is 1. The number of halogens is 1. The smallest absolute Gasteiger partial charge is 0.307 e. The van der Waals surface area contributed by atoms with E-state index in [2.05, 4.69) is 4.98 Å². The Kier molecular flexibility index (Phi) is 6.66. The minimum Gasteiger partial charge on any atom is -0.493 e. The fourth-order valence-electron chi connectivity index (χ4n) is 4.48. The van der Waals surface area contributed by atoms with Gasteiger partial charge in [-0.2, -0.15) is 5.26 Å². The molecule has 0 atom stereocenters. The maximum Gasteiger partial charge on any atom is 0.307 e. The van der Waals surface area contributed by atoms with E-state index in [1.54, 1.807) is 46.0 Å². The number of benzene rings is 3. The second-order valence-electron chi connectivity index (χ2n) is 9.81. The van der Waals surface area contributed by atoms with E-state index in [0.29, 0.717) is 34.2 Å². The predicted molar refractivity (Wildman–Crippen MR) is 137 cm³/mol. The Hall–Kier alpha value is -4.02. The van der Waals surface area contributed by atoms with Crippen molar-refractivity contribution in [3.8, 4) is 22.9 Å². The van der Waals surface area contributed by atoms with Gasteiger partial charge in [0, 0.05) is 29.0 Å². The van der Waals surface area contributed by atoms with Crippen molar-refractivity contribution in [3.05, 3.63) is 70.7 Å². The van der Waals surface area contributed by atoms with Crippen molar-refractivity contribution in [2.75, 3.05) is 6.61 Å². The van der Waals surface area contributed by atoms with Crippen molar-refractivity contribution in [2.24, 2.45) is 0 Å². The van der Waals surface area contributed by atoms with Crippen LogP contribution in [0.3, 0.4) is 0 Å². The molecule has 1 aliphatic rings. The van der Waals surface area contributed by atoms with Gasteiger partial charge in [-0.05, 0) is 85.7 Å². The largest absolute Gasteiger partial charge is 0.493 e. The Morgan fingerprint density at radius 2 is 1.92 bits per heavy atom. The highest BCUT2D eigenvalue weighted by molar-refractivity contribution is 6.08. The fraction of sp³-hybridized carbons (Fsp3) is 0.276. The zero-order chi connectivity index (χ0) is 26.2. The molecule has 2 N–H and O–H groups in total. The Labute approximate surface area is 208 Å². The molecule has 5 rings (SSSR count). The summed E-state index contributed by atoms with van der Waals surface area (Å²) in [5.41, 5.74) is 3.66. The van der Waals surface area contributed by atoms with Gasteiger partial charge in [0.15, 0.2) is 0 Å². The minimum absolute atomic E-state index is 0.261. The first kappa shape index (κ1) is 25.1. The number of aromatic nitrogens is 1. The molecule has 7 heteroatoms. The third-order valence-corrected chi connectivity index (χ3v) is 5.90. The van der Waals surface area contributed by atoms with Crippen molar-refractivity contribution in [1.29, 1.82) is 5.26 Å². The van der Waals surface area contributed by atoms with Crippen molar-refractivity contribution >= 4 is 27.6 Å². The van der Waals surface area contributed by atoms with E-state index in [-0.39, 0.29) is 17.4 Å². The van der Waals surface area contributed by atoms with Gasteiger partial charge in [0.2, 0.25) is 0 Å². The van der Waals surface area contributed by atoms with Crippen molar-refractivity contribution in [1.82, 2.24) is 4.98 Å². The molecule has 184 valence electrons. The number of hydrogen-bond donors (Lipinski definition) is 2. The normalized spacial score (nSPS) is 12.5. The van der Waals surface area contributed by atoms with Crippen LogP contribution in [0.4, 0.5) is 4.39 Å². The van der Waals surface area contributed by atoms with E-state index in [4.69, 9.17) is 9.84 Å². The summed E-state index contributed by atoms with van der Waals surface area (Å²) in [5, 5.41) is 29.1. The molecule has 6 nitrogen and oxygen atoms in total. The van der Waals surface area contributed by atoms with Crippen LogP contribution in [-0.4, -0.2) is 33.4 Å². The van der Waals surface area contributed by atoms with Gasteiger partial charge in [-0.1, -0.05) is 6.07 Å². The summed E-state index contributed by atoms with van der Waals surface area (Å²) in [4.78, 5) is 16.3. The number of nitriles is 1. The van der Waals surface area contributed by atoms with Crippen LogP contribution in [0.5, 0.6) is 5.75 Å². The van der Waals surface area contributed by atoms with E-state index < -0.39 is 17.4 Å². The summed E-state index contributed by atoms with van der Waals surface area (Å²) in [6.07, 6.45) is 2.17. The van der Waals surface area contributed by atoms with Gasteiger partial charge >= 0.3 is 5.97 Å². The molecule has 1 aromatic heterocycles. The van der Waals surface area contributed by atoms with Crippen molar-refractivity contribution < 1.29 is 24.1 Å². The second kappa shape index (κ2) is 9.56. The Balaban J connectivity index is 0.000000556. The van der Waals surface area contributed by atoms with Gasteiger partial charge in [-0.15, -0.1) is 0 Å². The Morgan fingerprint density at radius 3 is 2.58 bits per heavy atom. The summed E-state index contributed by atoms with van der Waals surface area (Å²) in [6, 6.07) is 12.5. The fourth-order valence-corrected chi connectivity index (χ4v) is 4.48. The lowest BCUT2D eigenvalue weighted by Gasteiger charge is -2.22. The molecule has 36 heavy (non-hydrogen) atoms. The number of ether oxygens (including phenoxy) is 1. The van der Waals surface area contributed by atoms with Gasteiger partial charge in [0.25, 0.3) is 0 Å². The highest BCUT2D eigenvalue weighted by Crippen LogP contribution is 2.43. The van der Waals surface area contributed by atoms with E-state index in [0.717, 1.165) is 28.7 Å². The van der Waals surface area contributed by atoms with Crippen molar-refractivity contribution in [2.45, 2.75) is 46.1 Å². The number of carboxylic acids is 1. The molecule has 0 fully saturated rings. The van der Waals surface area contributed by atoms with Crippen LogP contribution in [0, 0.1) is 24.1 Å². The number of carbonyl (C=O) groups is 1. The van der Waals surface area contributed by atoms with Crippen LogP contribution in [0.2, 0.25) is 0 Å². The van der Waals surface area contributed by atoms with E-state index in [1.165, 1.54) is 6.07 Å². The predicted octanol–water partition coefficient (Wildman–Crippen LogP) is 5.71. The molecule has 0 saturated carbocycles. The highest BCUT2D eigenvalue weighted by atomic mass is 19.1. The van der Waals surface area contributed by atoms with Crippen LogP contribution >= 0.6 is 0 Å². The molecule has 0 saturated heterocycles. The van der Waals surface area contributed by atoms with Crippen LogP contribution in [0.15, 0.2) is 42.6 Å². The van der Waals surface area contributed by atoms with Gasteiger partial charge in [0.1, 0.15) is 11.6 Å². The second-order valence-corrected chi connectivity index (χ2v) is 9.81. The lowest BCUT2D eigenvalue weighted by molar-refractivity contribution is -0.136. The average molecular weight is 487 g/mol. The molecule has 0 bridgehead atoms. The highest BCUT2D eigenvalue weighted by Gasteiger charge is 2.24. The SMILES string of the molecule is CC(C)(C)O.Cc1c(CC(=O)O)c(-c2ccc3c4c(ccnc24)CCO3)c2ccc(C#N)cc2c1F. The number of hydrogen-bond acceptors (Lipinski definition) is 5. The standard InChI is InChI=1S/C25H17FN2O3.C4H10O/c1-13-18(11-21(29)30)23(16-3-2-14(12-27)10-19(16)24(13)26)17-4-5-20-22-15(7-9-31-20)6-8-28-25(17)22;1-4(2,3)5/h2-6,8,10H,7,9,11H2,1H3,(H,29,30);5H,1-3H3. The molecular weight excluding hydrogens is 459 g/mol. The monoisotopic (exact) mass is 486 g/mol. The first-order chi connectivity index (χ1) is 17.0. The topological polar surface area (TPSA) is 103 Å². The zero-order valence-corrected chi connectivity index (χ0v) is 20.6. The summed E-state index contributed by atoms with van der Waals surface area (Å²) in [5.74, 6) is -0.815. The third kappa shape index (κ3) is 4.86. The number of fused-ring (bicyclic) bond motifs is 1. The molecule has 2 heterocycles. The maximum absolute atomic E-state index is 15.3. The number of rotatable bonds is 3. The third-order valence-electron chi connectivity index (χ3n) is 5.90. The summed E-state index contributed by atoms with van der Waals surface area (Å²) in [6.45, 7) is 7.40. The maximum atomic E-state index is 15.3. The van der Waals surface area contributed by atoms with Gasteiger partial charge < -0.3 is 14.9 Å². The minimum atomic E-state index is -1.05. The van der Waals surface area contributed by atoms with E-state index in [9.17, 15) is 15.2 Å². The first-order valence-electron chi connectivity index (χ1n) is 11.6. The summed E-state index contributed by atoms with van der Waals surface area (Å²) >= 11 is 0. The van der Waals surface area contributed by atoms with Crippen LogP contribution < -0.4 is 4.74 Å². The van der Waals surface area contributed by atoms with Crippen LogP contribution in [0.25, 0.3) is 32.8 Å². The first-order valence-corrected chi connectivity index (χ1v) is 11.6. The molecule has 0 radical (unpaired) electrons. The zero-order valence-electron chi connectivity index (χ0n) is 20.6. The molecule has 3 aromatic carbocycles. The van der Waals surface area contributed by atoms with E-state index in [1.807, 2.05) is 24.3 Å². The number of aliphatic hydroxyl groups is 1. The van der Waals surface area contributed by atoms with Gasteiger partial charge in [-0.3, -0.25) is 9.78 Å². The molecule has 1 aliphatic heterocycles. The van der Waals surface area contributed by atoms with Gasteiger partial charge in [0.05, 0.1) is 35.8 Å². The lowest BCUT2D eigenvalue weighted by atomic mass is 9.86. The molecule has 0 unspecified atom stereocenters. The number of aliphatic carboxylic acids is 1.